The Hall–Kier alpha value is -0.850. The summed E-state index contributed by atoms with van der Waals surface area (Å²) in [7, 11) is 0. The molecule has 0 aromatic heterocycles. The molecule has 0 spiro atoms. The van der Waals surface area contributed by atoms with Crippen LogP contribution in [0.3, 0.4) is 0 Å². The van der Waals surface area contributed by atoms with E-state index in [-0.39, 0.29) is 11.2 Å². The second kappa shape index (κ2) is 4.12. The lowest BCUT2D eigenvalue weighted by atomic mass is 9.72. The van der Waals surface area contributed by atoms with E-state index >= 15 is 0 Å². The van der Waals surface area contributed by atoms with Crippen molar-refractivity contribution in [2.24, 2.45) is 11.3 Å². The third kappa shape index (κ3) is 2.83. The third-order valence-electron chi connectivity index (χ3n) is 2.66. The maximum Gasteiger partial charge on any atom is 0.181 e. The zero-order chi connectivity index (χ0) is 10.8. The number of ketones is 1. The Kier molecular flexibility index (Phi) is 3.30. The summed E-state index contributed by atoms with van der Waals surface area (Å²) in [5.41, 5.74) is 1.27. The molecule has 0 bridgehead atoms. The van der Waals surface area contributed by atoms with Gasteiger partial charge in [-0.25, -0.2) is 0 Å². The molecule has 14 heavy (non-hydrogen) atoms. The Morgan fingerprint density at radius 3 is 2.71 bits per heavy atom. The smallest absolute Gasteiger partial charge is 0.181 e. The van der Waals surface area contributed by atoms with Crippen LogP contribution in [-0.4, -0.2) is 5.78 Å². The molecule has 0 N–H and O–H groups in total. The molecule has 1 rings (SSSR count). The van der Waals surface area contributed by atoms with Gasteiger partial charge >= 0.3 is 0 Å². The average Bonchev–Trinajstić information content (AvgIpc) is 2.00. The molecule has 0 amide bonds. The quantitative estimate of drug-likeness (QED) is 0.612. The topological polar surface area (TPSA) is 17.1 Å². The average molecular weight is 192 g/mol. The summed E-state index contributed by atoms with van der Waals surface area (Å²) in [6.07, 6.45) is 7.71. The van der Waals surface area contributed by atoms with Gasteiger partial charge in [-0.1, -0.05) is 32.9 Å². The molecule has 0 radical (unpaired) electrons. The van der Waals surface area contributed by atoms with Crippen molar-refractivity contribution in [3.05, 3.63) is 23.8 Å². The van der Waals surface area contributed by atoms with Crippen LogP contribution in [0.15, 0.2) is 23.8 Å². The summed E-state index contributed by atoms with van der Waals surface area (Å²) in [4.78, 5) is 11.7. The Bertz CT molecular complexity index is 282. The van der Waals surface area contributed by atoms with E-state index in [1.807, 2.05) is 13.0 Å². The predicted molar refractivity (Wildman–Crippen MR) is 60.1 cm³/mol. The first kappa shape index (κ1) is 11.2. The molecule has 78 valence electrons. The molecular formula is C13H20O. The normalized spacial score (nSPS) is 26.3. The summed E-state index contributed by atoms with van der Waals surface area (Å²) in [6.45, 7) is 8.54. The first-order chi connectivity index (χ1) is 6.44. The van der Waals surface area contributed by atoms with Crippen LogP contribution in [0.4, 0.5) is 0 Å². The van der Waals surface area contributed by atoms with Crippen LogP contribution in [0.25, 0.3) is 0 Å². The summed E-state index contributed by atoms with van der Waals surface area (Å²) in [5.74, 6) is 0.718. The highest BCUT2D eigenvalue weighted by molar-refractivity contribution is 6.04. The van der Waals surface area contributed by atoms with E-state index in [2.05, 4.69) is 26.8 Å². The van der Waals surface area contributed by atoms with E-state index < -0.39 is 0 Å². The predicted octanol–water partition coefficient (Wildman–Crippen LogP) is 3.51. The van der Waals surface area contributed by atoms with Gasteiger partial charge < -0.3 is 0 Å². The minimum atomic E-state index is 0.187. The van der Waals surface area contributed by atoms with Crippen LogP contribution in [0.1, 0.15) is 40.5 Å². The van der Waals surface area contributed by atoms with Crippen LogP contribution < -0.4 is 0 Å². The zero-order valence-electron chi connectivity index (χ0n) is 9.63. The molecule has 1 atom stereocenters. The highest BCUT2D eigenvalue weighted by Gasteiger charge is 2.28. The van der Waals surface area contributed by atoms with Crippen LogP contribution >= 0.6 is 0 Å². The number of hydrogen-bond donors (Lipinski definition) is 0. The maximum atomic E-state index is 11.7. The van der Waals surface area contributed by atoms with Gasteiger partial charge in [0, 0.05) is 0 Å². The van der Waals surface area contributed by atoms with Crippen molar-refractivity contribution >= 4 is 5.78 Å². The Morgan fingerprint density at radius 2 is 2.21 bits per heavy atom. The second-order valence-corrected chi connectivity index (χ2v) is 5.08. The molecule has 1 heteroatoms. The fraction of sp³-hybridized carbons (Fsp3) is 0.615. The third-order valence-corrected chi connectivity index (χ3v) is 2.66. The van der Waals surface area contributed by atoms with Crippen LogP contribution in [0.5, 0.6) is 0 Å². The highest BCUT2D eigenvalue weighted by atomic mass is 16.1. The number of hydrogen-bond acceptors (Lipinski definition) is 1. The van der Waals surface area contributed by atoms with Crippen molar-refractivity contribution in [3.63, 3.8) is 0 Å². The van der Waals surface area contributed by atoms with Gasteiger partial charge in [-0.05, 0) is 42.7 Å². The number of carbonyl (C=O) groups excluding carboxylic acids is 1. The number of carbonyl (C=O) groups is 1. The molecule has 0 aromatic carbocycles. The zero-order valence-corrected chi connectivity index (χ0v) is 9.63. The lowest BCUT2D eigenvalue weighted by Gasteiger charge is -2.32. The standard InChI is InChI=1S/C13H20O/c1-5-6-12(14)11-7-10(2)8-13(3,4)9-11/h5-7,10H,8-9H2,1-4H3/b6-5+. The maximum absolute atomic E-state index is 11.7. The largest absolute Gasteiger partial charge is 0.290 e. The van der Waals surface area contributed by atoms with Crippen molar-refractivity contribution < 1.29 is 4.79 Å². The monoisotopic (exact) mass is 192 g/mol. The van der Waals surface area contributed by atoms with Crippen molar-refractivity contribution in [2.45, 2.75) is 40.5 Å². The fourth-order valence-corrected chi connectivity index (χ4v) is 2.35. The second-order valence-electron chi connectivity index (χ2n) is 5.08. The molecule has 0 aromatic rings. The minimum Gasteiger partial charge on any atom is -0.290 e. The molecule has 1 aliphatic carbocycles. The molecule has 0 aliphatic heterocycles. The minimum absolute atomic E-state index is 0.187. The lowest BCUT2D eigenvalue weighted by Crippen LogP contribution is -2.23. The molecule has 1 unspecified atom stereocenters. The molecule has 0 fully saturated rings. The van der Waals surface area contributed by atoms with Gasteiger partial charge in [0.25, 0.3) is 0 Å². The van der Waals surface area contributed by atoms with Crippen molar-refractivity contribution in [2.75, 3.05) is 0 Å². The Morgan fingerprint density at radius 1 is 1.57 bits per heavy atom. The van der Waals surface area contributed by atoms with Crippen molar-refractivity contribution in [1.29, 1.82) is 0 Å². The van der Waals surface area contributed by atoms with Gasteiger partial charge in [0.15, 0.2) is 5.78 Å². The highest BCUT2D eigenvalue weighted by Crippen LogP contribution is 2.38. The van der Waals surface area contributed by atoms with E-state index in [9.17, 15) is 4.79 Å². The SMILES string of the molecule is C/C=C/C(=O)C1=CC(C)CC(C)(C)C1. The number of rotatable bonds is 2. The molecule has 1 nitrogen and oxygen atoms in total. The molecule has 0 saturated heterocycles. The van der Waals surface area contributed by atoms with E-state index in [1.54, 1.807) is 6.08 Å². The van der Waals surface area contributed by atoms with Gasteiger partial charge in [0.2, 0.25) is 0 Å². The van der Waals surface area contributed by atoms with Gasteiger partial charge in [-0.2, -0.15) is 0 Å². The van der Waals surface area contributed by atoms with Gasteiger partial charge in [-0.15, -0.1) is 0 Å². The van der Waals surface area contributed by atoms with Gasteiger partial charge in [-0.3, -0.25) is 4.79 Å². The summed E-state index contributed by atoms with van der Waals surface area (Å²) >= 11 is 0. The van der Waals surface area contributed by atoms with Crippen molar-refractivity contribution in [3.8, 4) is 0 Å². The Labute approximate surface area is 86.9 Å². The Balaban J connectivity index is 2.84. The summed E-state index contributed by atoms with van der Waals surface area (Å²) in [6, 6.07) is 0. The van der Waals surface area contributed by atoms with Crippen LogP contribution in [-0.2, 0) is 4.79 Å². The van der Waals surface area contributed by atoms with Gasteiger partial charge in [0.1, 0.15) is 0 Å². The molecule has 0 heterocycles. The molecule has 0 saturated carbocycles. The van der Waals surface area contributed by atoms with Crippen molar-refractivity contribution in [1.82, 2.24) is 0 Å². The molecular weight excluding hydrogens is 172 g/mol. The van der Waals surface area contributed by atoms with E-state index in [1.165, 1.54) is 6.42 Å². The van der Waals surface area contributed by atoms with Crippen LogP contribution in [0.2, 0.25) is 0 Å². The van der Waals surface area contributed by atoms with E-state index in [4.69, 9.17) is 0 Å². The van der Waals surface area contributed by atoms with Crippen LogP contribution in [0, 0.1) is 11.3 Å². The first-order valence-corrected chi connectivity index (χ1v) is 5.32. The fourth-order valence-electron chi connectivity index (χ4n) is 2.35. The van der Waals surface area contributed by atoms with E-state index in [0.717, 1.165) is 12.0 Å². The summed E-state index contributed by atoms with van der Waals surface area (Å²) < 4.78 is 0. The lowest BCUT2D eigenvalue weighted by molar-refractivity contribution is -0.111. The number of allylic oxidation sites excluding steroid dienone is 4. The van der Waals surface area contributed by atoms with E-state index in [0.29, 0.717) is 5.92 Å². The summed E-state index contributed by atoms with van der Waals surface area (Å²) in [5, 5.41) is 0. The van der Waals surface area contributed by atoms with Gasteiger partial charge in [0.05, 0.1) is 0 Å². The molecule has 1 aliphatic rings. The first-order valence-electron chi connectivity index (χ1n) is 5.32.